The lowest BCUT2D eigenvalue weighted by atomic mass is 10.2. The van der Waals surface area contributed by atoms with E-state index >= 15 is 0 Å². The molecular formula is C44H35Cl2F6N11O2. The molecule has 13 nitrogen and oxygen atoms in total. The van der Waals surface area contributed by atoms with Gasteiger partial charge in [0.1, 0.15) is 46.7 Å². The molecule has 0 fully saturated rings. The van der Waals surface area contributed by atoms with Crippen LogP contribution in [-0.4, -0.2) is 60.1 Å². The number of alkyl halides is 6. The van der Waals surface area contributed by atoms with Crippen LogP contribution in [0, 0.1) is 0 Å². The number of hydrogen-bond acceptors (Lipinski definition) is 9. The van der Waals surface area contributed by atoms with E-state index in [2.05, 4.69) is 35.6 Å². The molecular weight excluding hydrogens is 899 g/mol. The Morgan fingerprint density at radius 3 is 1.60 bits per heavy atom. The van der Waals surface area contributed by atoms with Crippen molar-refractivity contribution in [3.8, 4) is 23.0 Å². The second kappa shape index (κ2) is 18.5. The van der Waals surface area contributed by atoms with E-state index in [1.807, 2.05) is 45.6 Å². The first-order chi connectivity index (χ1) is 31.1. The van der Waals surface area contributed by atoms with Gasteiger partial charge in [-0.3, -0.25) is 4.99 Å². The Labute approximate surface area is 376 Å². The molecule has 0 unspecified atom stereocenters. The topological polar surface area (TPSA) is 146 Å². The van der Waals surface area contributed by atoms with Crippen LogP contribution in [0.2, 0.25) is 10.0 Å². The van der Waals surface area contributed by atoms with E-state index in [0.29, 0.717) is 77.2 Å². The highest BCUT2D eigenvalue weighted by molar-refractivity contribution is 6.32. The average molecular weight is 935 g/mol. The predicted octanol–water partition coefficient (Wildman–Crippen LogP) is 11.5. The number of fused-ring (bicyclic) bond motifs is 2. The largest absolute Gasteiger partial charge is 0.456 e. The molecule has 0 saturated carbocycles. The minimum atomic E-state index is -4.52. The molecule has 4 aromatic carbocycles. The Morgan fingerprint density at radius 1 is 0.662 bits per heavy atom. The lowest BCUT2D eigenvalue weighted by Crippen LogP contribution is -2.36. The van der Waals surface area contributed by atoms with Gasteiger partial charge in [0.25, 0.3) is 0 Å². The van der Waals surface area contributed by atoms with Crippen LogP contribution in [-0.2, 0) is 25.4 Å². The molecule has 8 rings (SSSR count). The van der Waals surface area contributed by atoms with Crippen molar-refractivity contribution < 1.29 is 35.8 Å². The molecule has 4 N–H and O–H groups in total. The van der Waals surface area contributed by atoms with Crippen LogP contribution < -0.4 is 25.8 Å². The van der Waals surface area contributed by atoms with Crippen molar-refractivity contribution in [3.05, 3.63) is 143 Å². The number of hydrogen-bond donors (Lipinski definition) is 3. The number of anilines is 4. The Bertz CT molecular complexity index is 3030. The lowest BCUT2D eigenvalue weighted by molar-refractivity contribution is -0.138. The van der Waals surface area contributed by atoms with E-state index in [4.69, 9.17) is 38.4 Å². The minimum absolute atomic E-state index is 0.00911. The van der Waals surface area contributed by atoms with Crippen molar-refractivity contribution in [2.75, 3.05) is 30.8 Å². The Morgan fingerprint density at radius 2 is 1.14 bits per heavy atom. The summed E-state index contributed by atoms with van der Waals surface area (Å²) >= 11 is 13.0. The van der Waals surface area contributed by atoms with Gasteiger partial charge in [0.2, 0.25) is 0 Å². The van der Waals surface area contributed by atoms with Gasteiger partial charge in [-0.25, -0.2) is 19.9 Å². The van der Waals surface area contributed by atoms with Crippen LogP contribution >= 0.6 is 23.2 Å². The molecule has 0 saturated heterocycles. The molecule has 0 aliphatic heterocycles. The molecule has 0 aliphatic carbocycles. The summed E-state index contributed by atoms with van der Waals surface area (Å²) in [6.07, 6.45) is -2.45. The second-order valence-corrected chi connectivity index (χ2v) is 15.2. The maximum Gasteiger partial charge on any atom is 0.416 e. The molecule has 65 heavy (non-hydrogen) atoms. The number of rotatable bonds is 14. The zero-order valence-corrected chi connectivity index (χ0v) is 35.4. The number of ether oxygens (including phenoxy) is 2. The number of halogens is 8. The maximum atomic E-state index is 13.2. The predicted molar refractivity (Wildman–Crippen MR) is 237 cm³/mol. The van der Waals surface area contributed by atoms with E-state index < -0.39 is 23.5 Å². The van der Waals surface area contributed by atoms with Crippen LogP contribution in [0.15, 0.2) is 127 Å². The Balaban J connectivity index is 0.886. The molecule has 0 bridgehead atoms. The SMILES string of the molecule is CN(CCn1ccc2ncnc(Nc3ccc(Oc4cccc(C(F)(F)F)c4)c(Cl)c3)c21)C(N)=NCCn1ccc2ncnc(Nc3ccc(Oc4cccc(C(F)(F)F)c4)c(Cl)c3)c21. The van der Waals surface area contributed by atoms with Gasteiger partial charge in [0, 0.05) is 50.5 Å². The van der Waals surface area contributed by atoms with Crippen molar-refractivity contribution >= 4 is 74.2 Å². The zero-order chi connectivity index (χ0) is 45.9. The number of aromatic nitrogens is 6. The first kappa shape index (κ1) is 44.4. The summed E-state index contributed by atoms with van der Waals surface area (Å²) in [6, 6.07) is 22.4. The van der Waals surface area contributed by atoms with E-state index in [-0.39, 0.29) is 33.0 Å². The van der Waals surface area contributed by atoms with Crippen molar-refractivity contribution in [2.24, 2.45) is 10.7 Å². The first-order valence-corrected chi connectivity index (χ1v) is 20.3. The van der Waals surface area contributed by atoms with Gasteiger partial charge in [0.15, 0.2) is 17.6 Å². The van der Waals surface area contributed by atoms with Gasteiger partial charge in [-0.1, -0.05) is 35.3 Å². The number of aliphatic imine (C=N–C) groups is 1. The summed E-state index contributed by atoms with van der Waals surface area (Å²) in [5, 5.41) is 6.83. The lowest BCUT2D eigenvalue weighted by Gasteiger charge is -2.19. The molecule has 0 aliphatic rings. The van der Waals surface area contributed by atoms with Gasteiger partial charge < -0.3 is 39.9 Å². The number of guanidine groups is 1. The quantitative estimate of drug-likeness (QED) is 0.0547. The van der Waals surface area contributed by atoms with Crippen LogP contribution in [0.4, 0.5) is 49.4 Å². The number of nitrogens with zero attached hydrogens (tertiary/aromatic N) is 8. The van der Waals surface area contributed by atoms with E-state index in [0.717, 1.165) is 24.3 Å². The summed E-state index contributed by atoms with van der Waals surface area (Å²) < 4.78 is 94.4. The zero-order valence-electron chi connectivity index (χ0n) is 33.9. The van der Waals surface area contributed by atoms with Gasteiger partial charge >= 0.3 is 12.4 Å². The van der Waals surface area contributed by atoms with Crippen molar-refractivity contribution in [1.29, 1.82) is 0 Å². The summed E-state index contributed by atoms with van der Waals surface area (Å²) in [6.45, 7) is 1.71. The summed E-state index contributed by atoms with van der Waals surface area (Å²) in [4.78, 5) is 24.1. The van der Waals surface area contributed by atoms with E-state index in [1.54, 1.807) is 36.4 Å². The molecule has 334 valence electrons. The van der Waals surface area contributed by atoms with Crippen LogP contribution in [0.25, 0.3) is 22.1 Å². The highest BCUT2D eigenvalue weighted by atomic mass is 35.5. The monoisotopic (exact) mass is 933 g/mol. The molecule has 0 amide bonds. The number of nitrogens with two attached hydrogens (primary N) is 1. The standard InChI is InChI=1S/C44H35Cl2F6N11O2/c1-61(18-19-63-16-13-35-39(63)41(58-25-56-35)60-29-9-11-37(33(46)23-29)65-31-7-3-5-27(21-31)44(50,51)52)42(53)54-14-17-62-15-12-34-38(62)40(57-24-55-34)59-28-8-10-36(32(45)22-28)64-30-6-2-4-26(20-30)43(47,48)49/h2-13,15-16,20-25H,14,17-19H2,1H3,(H2,53,54)(H,55,57,59)(H,56,58,60). The number of likely N-dealkylation sites (N-methyl/N-ethyl adjacent to an activating group) is 1. The van der Waals surface area contributed by atoms with Crippen molar-refractivity contribution in [1.82, 2.24) is 34.0 Å². The van der Waals surface area contributed by atoms with Crippen molar-refractivity contribution in [2.45, 2.75) is 25.4 Å². The van der Waals surface area contributed by atoms with Gasteiger partial charge in [-0.15, -0.1) is 0 Å². The summed E-state index contributed by atoms with van der Waals surface area (Å²) in [7, 11) is 1.83. The molecule has 0 spiro atoms. The smallest absolute Gasteiger partial charge is 0.416 e. The molecule has 4 heterocycles. The fourth-order valence-electron chi connectivity index (χ4n) is 6.71. The third-order valence-electron chi connectivity index (χ3n) is 9.95. The average Bonchev–Trinajstić information content (AvgIpc) is 3.89. The molecule has 4 aromatic heterocycles. The van der Waals surface area contributed by atoms with Gasteiger partial charge in [-0.05, 0) is 84.9 Å². The number of benzene rings is 4. The van der Waals surface area contributed by atoms with Crippen LogP contribution in [0.3, 0.4) is 0 Å². The fourth-order valence-corrected chi connectivity index (χ4v) is 7.15. The fraction of sp³-hybridized carbons (Fsp3) is 0.159. The Hall–Kier alpha value is -7.25. The highest BCUT2D eigenvalue weighted by Gasteiger charge is 2.31. The molecule has 8 aromatic rings. The maximum absolute atomic E-state index is 13.2. The van der Waals surface area contributed by atoms with Gasteiger partial charge in [-0.2, -0.15) is 26.3 Å². The highest BCUT2D eigenvalue weighted by Crippen LogP contribution is 2.38. The molecule has 21 heteroatoms. The van der Waals surface area contributed by atoms with Crippen LogP contribution in [0.1, 0.15) is 11.1 Å². The van der Waals surface area contributed by atoms with Crippen LogP contribution in [0.5, 0.6) is 23.0 Å². The van der Waals surface area contributed by atoms with Gasteiger partial charge in [0.05, 0.1) is 38.8 Å². The van der Waals surface area contributed by atoms with E-state index in [9.17, 15) is 26.3 Å². The minimum Gasteiger partial charge on any atom is -0.456 e. The third-order valence-corrected chi connectivity index (χ3v) is 10.5. The summed E-state index contributed by atoms with van der Waals surface area (Å²) in [5.41, 5.74) is 8.62. The summed E-state index contributed by atoms with van der Waals surface area (Å²) in [5.74, 6) is 1.61. The molecule has 0 radical (unpaired) electrons. The van der Waals surface area contributed by atoms with Crippen molar-refractivity contribution in [3.63, 3.8) is 0 Å². The Kier molecular flexibility index (Phi) is 12.6. The third kappa shape index (κ3) is 10.4. The van der Waals surface area contributed by atoms with E-state index in [1.165, 1.54) is 36.9 Å². The first-order valence-electron chi connectivity index (χ1n) is 19.5. The second-order valence-electron chi connectivity index (χ2n) is 14.4. The number of nitrogens with one attached hydrogen (secondary N) is 2. The molecule has 0 atom stereocenters. The normalized spacial score (nSPS) is 12.2.